The van der Waals surface area contributed by atoms with Crippen molar-refractivity contribution >= 4 is 5.91 Å². The van der Waals surface area contributed by atoms with Crippen LogP contribution in [-0.2, 0) is 13.5 Å². The smallest absolute Gasteiger partial charge is 0.252 e. The number of nitrogens with zero attached hydrogens (tertiary/aromatic N) is 3. The molecule has 0 saturated carbocycles. The Morgan fingerprint density at radius 2 is 1.93 bits per heavy atom. The molecule has 0 aliphatic carbocycles. The second kappa shape index (κ2) is 8.03. The van der Waals surface area contributed by atoms with Crippen molar-refractivity contribution in [1.82, 2.24) is 20.1 Å². The fraction of sp³-hybridized carbons (Fsp3) is 0.286. The van der Waals surface area contributed by atoms with Crippen molar-refractivity contribution < 1.29 is 9.53 Å². The van der Waals surface area contributed by atoms with Crippen molar-refractivity contribution in [2.45, 2.75) is 20.3 Å². The monoisotopic (exact) mass is 364 g/mol. The molecule has 0 saturated heterocycles. The number of hydrogen-bond donors (Lipinski definition) is 1. The molecule has 0 fully saturated rings. The van der Waals surface area contributed by atoms with Crippen molar-refractivity contribution in [1.29, 1.82) is 0 Å². The summed E-state index contributed by atoms with van der Waals surface area (Å²) in [7, 11) is 3.56. The van der Waals surface area contributed by atoms with E-state index in [-0.39, 0.29) is 5.91 Å². The Morgan fingerprint density at radius 1 is 1.19 bits per heavy atom. The molecule has 0 radical (unpaired) electrons. The van der Waals surface area contributed by atoms with Gasteiger partial charge in [0.05, 0.1) is 18.4 Å². The summed E-state index contributed by atoms with van der Waals surface area (Å²) < 4.78 is 6.99. The number of ether oxygens (including phenoxy) is 1. The van der Waals surface area contributed by atoms with Crippen LogP contribution in [0.4, 0.5) is 0 Å². The molecule has 27 heavy (non-hydrogen) atoms. The van der Waals surface area contributed by atoms with Crippen LogP contribution < -0.4 is 10.1 Å². The first-order valence-corrected chi connectivity index (χ1v) is 8.86. The van der Waals surface area contributed by atoms with Gasteiger partial charge in [-0.3, -0.25) is 14.5 Å². The number of pyridine rings is 1. The molecule has 0 aliphatic rings. The van der Waals surface area contributed by atoms with Gasteiger partial charge in [0.25, 0.3) is 5.91 Å². The third kappa shape index (κ3) is 4.16. The van der Waals surface area contributed by atoms with Crippen LogP contribution in [0.15, 0.2) is 42.7 Å². The van der Waals surface area contributed by atoms with E-state index in [0.29, 0.717) is 12.1 Å². The number of hydrogen-bond acceptors (Lipinski definition) is 4. The number of aromatic nitrogens is 3. The van der Waals surface area contributed by atoms with Crippen LogP contribution in [0.5, 0.6) is 5.75 Å². The molecule has 0 spiro atoms. The summed E-state index contributed by atoms with van der Waals surface area (Å²) in [6.07, 6.45) is 4.11. The Morgan fingerprint density at radius 3 is 2.56 bits per heavy atom. The van der Waals surface area contributed by atoms with Gasteiger partial charge in [0.1, 0.15) is 5.75 Å². The summed E-state index contributed by atoms with van der Waals surface area (Å²) in [5, 5.41) is 7.39. The molecule has 1 amide bonds. The summed E-state index contributed by atoms with van der Waals surface area (Å²) in [6, 6.07) is 9.71. The van der Waals surface area contributed by atoms with Gasteiger partial charge in [-0.1, -0.05) is 12.1 Å². The van der Waals surface area contributed by atoms with Crippen molar-refractivity contribution in [3.8, 4) is 16.9 Å². The molecule has 0 aliphatic heterocycles. The van der Waals surface area contributed by atoms with Gasteiger partial charge >= 0.3 is 0 Å². The summed E-state index contributed by atoms with van der Waals surface area (Å²) in [4.78, 5) is 16.7. The van der Waals surface area contributed by atoms with E-state index in [1.165, 1.54) is 0 Å². The minimum absolute atomic E-state index is 0.128. The van der Waals surface area contributed by atoms with Gasteiger partial charge < -0.3 is 10.1 Å². The van der Waals surface area contributed by atoms with E-state index in [9.17, 15) is 4.79 Å². The molecule has 2 heterocycles. The maximum absolute atomic E-state index is 12.5. The highest BCUT2D eigenvalue weighted by Crippen LogP contribution is 2.26. The SMILES string of the molecule is COc1ccc(CCNC(=O)c2cncc(-c3c(C)nn(C)c3C)c2)cc1. The van der Waals surface area contributed by atoms with E-state index >= 15 is 0 Å². The zero-order valence-corrected chi connectivity index (χ0v) is 16.1. The first kappa shape index (κ1) is 18.6. The summed E-state index contributed by atoms with van der Waals surface area (Å²) in [5.41, 5.74) is 5.59. The molecule has 0 unspecified atom stereocenters. The average molecular weight is 364 g/mol. The molecule has 1 aromatic carbocycles. The van der Waals surface area contributed by atoms with Crippen LogP contribution in [-0.4, -0.2) is 34.3 Å². The van der Waals surface area contributed by atoms with E-state index in [2.05, 4.69) is 15.4 Å². The fourth-order valence-electron chi connectivity index (χ4n) is 3.11. The van der Waals surface area contributed by atoms with Crippen LogP contribution in [0.3, 0.4) is 0 Å². The summed E-state index contributed by atoms with van der Waals surface area (Å²) in [6.45, 7) is 4.53. The predicted molar refractivity (Wildman–Crippen MR) is 105 cm³/mol. The summed E-state index contributed by atoms with van der Waals surface area (Å²) in [5.74, 6) is 0.698. The Hall–Kier alpha value is -3.15. The van der Waals surface area contributed by atoms with Crippen LogP contribution in [0.1, 0.15) is 27.3 Å². The zero-order valence-electron chi connectivity index (χ0n) is 16.1. The third-order valence-electron chi connectivity index (χ3n) is 4.66. The lowest BCUT2D eigenvalue weighted by Crippen LogP contribution is -2.25. The van der Waals surface area contributed by atoms with E-state index in [4.69, 9.17) is 4.74 Å². The van der Waals surface area contributed by atoms with Gasteiger partial charge in [-0.05, 0) is 44.0 Å². The first-order valence-electron chi connectivity index (χ1n) is 8.86. The van der Waals surface area contributed by atoms with Gasteiger partial charge in [-0.25, -0.2) is 0 Å². The Bertz CT molecular complexity index is 945. The molecular weight excluding hydrogens is 340 g/mol. The second-order valence-corrected chi connectivity index (χ2v) is 6.49. The van der Waals surface area contributed by atoms with E-state index < -0.39 is 0 Å². The van der Waals surface area contributed by atoms with E-state index in [1.807, 2.05) is 55.9 Å². The number of rotatable bonds is 6. The molecule has 6 heteroatoms. The van der Waals surface area contributed by atoms with Crippen molar-refractivity contribution in [3.05, 3.63) is 65.2 Å². The molecule has 6 nitrogen and oxygen atoms in total. The van der Waals surface area contributed by atoms with Crippen molar-refractivity contribution in [3.63, 3.8) is 0 Å². The minimum atomic E-state index is -0.128. The number of aryl methyl sites for hydroxylation is 2. The molecule has 2 aromatic heterocycles. The maximum atomic E-state index is 12.5. The van der Waals surface area contributed by atoms with Gasteiger partial charge in [0.15, 0.2) is 0 Å². The lowest BCUT2D eigenvalue weighted by Gasteiger charge is -2.08. The number of methoxy groups -OCH3 is 1. The first-order chi connectivity index (χ1) is 13.0. The number of carbonyl (C=O) groups is 1. The summed E-state index contributed by atoms with van der Waals surface area (Å²) >= 11 is 0. The molecular formula is C21H24N4O2. The zero-order chi connectivity index (χ0) is 19.4. The van der Waals surface area contributed by atoms with Gasteiger partial charge in [0, 0.05) is 42.8 Å². The molecule has 1 N–H and O–H groups in total. The number of carbonyl (C=O) groups excluding carboxylic acids is 1. The fourth-order valence-corrected chi connectivity index (χ4v) is 3.11. The average Bonchev–Trinajstić information content (AvgIpc) is 2.94. The Labute approximate surface area is 159 Å². The second-order valence-electron chi connectivity index (χ2n) is 6.49. The number of amides is 1. The number of benzene rings is 1. The molecule has 3 rings (SSSR count). The number of nitrogens with one attached hydrogen (secondary N) is 1. The molecule has 0 atom stereocenters. The topological polar surface area (TPSA) is 69.0 Å². The largest absolute Gasteiger partial charge is 0.497 e. The molecule has 0 bridgehead atoms. The highest BCUT2D eigenvalue weighted by Gasteiger charge is 2.14. The Balaban J connectivity index is 1.66. The van der Waals surface area contributed by atoms with Crippen LogP contribution in [0.25, 0.3) is 11.1 Å². The van der Waals surface area contributed by atoms with Crippen LogP contribution in [0.2, 0.25) is 0 Å². The predicted octanol–water partition coefficient (Wildman–Crippen LogP) is 3.08. The lowest BCUT2D eigenvalue weighted by molar-refractivity contribution is 0.0954. The van der Waals surface area contributed by atoms with Gasteiger partial charge in [0.2, 0.25) is 0 Å². The maximum Gasteiger partial charge on any atom is 0.252 e. The van der Waals surface area contributed by atoms with Crippen LogP contribution in [0, 0.1) is 13.8 Å². The molecule has 140 valence electrons. The van der Waals surface area contributed by atoms with E-state index in [0.717, 1.165) is 40.2 Å². The lowest BCUT2D eigenvalue weighted by atomic mass is 10.0. The third-order valence-corrected chi connectivity index (χ3v) is 4.66. The highest BCUT2D eigenvalue weighted by molar-refractivity contribution is 5.95. The standard InChI is InChI=1S/C21H24N4O2/c1-14-20(15(2)25(3)24-14)17-11-18(13-22-12-17)21(26)23-10-9-16-5-7-19(27-4)8-6-16/h5-8,11-13H,9-10H2,1-4H3,(H,23,26). The quantitative estimate of drug-likeness (QED) is 0.730. The van der Waals surface area contributed by atoms with Gasteiger partial charge in [-0.2, -0.15) is 5.10 Å². The van der Waals surface area contributed by atoms with Crippen molar-refractivity contribution in [2.75, 3.05) is 13.7 Å². The van der Waals surface area contributed by atoms with Crippen molar-refractivity contribution in [2.24, 2.45) is 7.05 Å². The van der Waals surface area contributed by atoms with Gasteiger partial charge in [-0.15, -0.1) is 0 Å². The van der Waals surface area contributed by atoms with E-state index in [1.54, 1.807) is 19.5 Å². The highest BCUT2D eigenvalue weighted by atomic mass is 16.5. The normalized spacial score (nSPS) is 10.7. The Kier molecular flexibility index (Phi) is 5.54. The van der Waals surface area contributed by atoms with Crippen LogP contribution >= 0.6 is 0 Å². The molecule has 3 aromatic rings. The minimum Gasteiger partial charge on any atom is -0.497 e.